The predicted octanol–water partition coefficient (Wildman–Crippen LogP) is 7.90. The van der Waals surface area contributed by atoms with Crippen molar-refractivity contribution in [1.29, 1.82) is 0 Å². The van der Waals surface area contributed by atoms with Crippen molar-refractivity contribution in [3.8, 4) is 0 Å². The molecule has 0 aromatic carbocycles. The molecule has 0 amide bonds. The maximum absolute atomic E-state index is 11.7. The molecule has 0 aliphatic rings. The van der Waals surface area contributed by atoms with Crippen LogP contribution in [-0.2, 0) is 4.79 Å². The molecule has 0 saturated carbocycles. The Morgan fingerprint density at radius 2 is 1.04 bits per heavy atom. The maximum Gasteiger partial charge on any atom is 0.389 e. The third kappa shape index (κ3) is 31.5. The molecule has 0 atom stereocenters. The molecule has 0 fully saturated rings. The molecule has 0 heterocycles. The minimum atomic E-state index is -3.95. The molecular formula is C20H39F3O2. The van der Waals surface area contributed by atoms with Crippen LogP contribution in [0.4, 0.5) is 13.2 Å². The Bertz CT molecular complexity index is 279. The van der Waals surface area contributed by atoms with Crippen molar-refractivity contribution in [2.75, 3.05) is 0 Å². The number of halogens is 3. The zero-order valence-corrected chi connectivity index (χ0v) is 16.3. The average Bonchev–Trinajstić information content (AvgIpc) is 2.52. The lowest BCUT2D eigenvalue weighted by Gasteiger charge is -2.05. The van der Waals surface area contributed by atoms with E-state index in [0.29, 0.717) is 12.8 Å². The first-order valence-electron chi connectivity index (χ1n) is 10.1. The van der Waals surface area contributed by atoms with E-state index in [-0.39, 0.29) is 0 Å². The molecule has 0 aliphatic heterocycles. The summed E-state index contributed by atoms with van der Waals surface area (Å²) in [5.41, 5.74) is 0. The highest BCUT2D eigenvalue weighted by atomic mass is 19.4. The first-order chi connectivity index (χ1) is 11.8. The lowest BCUT2D eigenvalue weighted by Crippen LogP contribution is -2.06. The highest BCUT2D eigenvalue weighted by Crippen LogP contribution is 2.23. The smallest absolute Gasteiger partial charge is 0.389 e. The molecule has 0 radical (unpaired) electrons. The standard InChI is InChI=1S/C10H19F3.C10H20O2/c1-2-3-4-5-6-7-8-9-10(11,12)13;1-2-3-4-5-6-7-8-9-10(11)12/h2-9H2,1H3;2-9H2,1H3,(H,11,12). The van der Waals surface area contributed by atoms with E-state index in [1.165, 1.54) is 51.4 Å². The zero-order chi connectivity index (χ0) is 19.4. The summed E-state index contributed by atoms with van der Waals surface area (Å²) in [6.07, 6.45) is 10.7. The largest absolute Gasteiger partial charge is 0.481 e. The predicted molar refractivity (Wildman–Crippen MR) is 98.9 cm³/mol. The highest BCUT2D eigenvalue weighted by Gasteiger charge is 2.25. The van der Waals surface area contributed by atoms with E-state index in [4.69, 9.17) is 5.11 Å². The Hall–Kier alpha value is -0.740. The summed E-state index contributed by atoms with van der Waals surface area (Å²) in [7, 11) is 0. The maximum atomic E-state index is 11.7. The van der Waals surface area contributed by atoms with Gasteiger partial charge in [0, 0.05) is 12.8 Å². The highest BCUT2D eigenvalue weighted by molar-refractivity contribution is 5.66. The molecule has 152 valence electrons. The van der Waals surface area contributed by atoms with Crippen LogP contribution in [0.5, 0.6) is 0 Å². The van der Waals surface area contributed by atoms with Crippen molar-refractivity contribution >= 4 is 5.97 Å². The molecule has 2 nitrogen and oxygen atoms in total. The number of rotatable bonds is 15. The number of carboxylic acids is 1. The molecule has 0 rings (SSSR count). The lowest BCUT2D eigenvalue weighted by atomic mass is 10.1. The topological polar surface area (TPSA) is 37.3 Å². The molecule has 0 aromatic heterocycles. The van der Waals surface area contributed by atoms with E-state index >= 15 is 0 Å². The van der Waals surface area contributed by atoms with Gasteiger partial charge in [0.1, 0.15) is 0 Å². The third-order valence-electron chi connectivity index (χ3n) is 4.06. The molecule has 0 spiro atoms. The summed E-state index contributed by atoms with van der Waals surface area (Å²) < 4.78 is 35.1. The number of carbonyl (C=O) groups is 1. The summed E-state index contributed by atoms with van der Waals surface area (Å²) in [6, 6.07) is 0. The van der Waals surface area contributed by atoms with Crippen LogP contribution in [0.25, 0.3) is 0 Å². The van der Waals surface area contributed by atoms with Gasteiger partial charge in [-0.1, -0.05) is 90.9 Å². The van der Waals surface area contributed by atoms with Crippen LogP contribution in [-0.4, -0.2) is 17.3 Å². The van der Waals surface area contributed by atoms with E-state index in [0.717, 1.165) is 32.1 Å². The normalized spacial score (nSPS) is 11.1. The van der Waals surface area contributed by atoms with Crippen LogP contribution in [0.2, 0.25) is 0 Å². The van der Waals surface area contributed by atoms with Gasteiger partial charge in [0.05, 0.1) is 0 Å². The van der Waals surface area contributed by atoms with Crippen molar-refractivity contribution in [2.24, 2.45) is 0 Å². The fourth-order valence-electron chi connectivity index (χ4n) is 2.52. The fraction of sp³-hybridized carbons (Fsp3) is 0.950. The van der Waals surface area contributed by atoms with Gasteiger partial charge in [-0.2, -0.15) is 13.2 Å². The second kappa shape index (κ2) is 19.6. The van der Waals surface area contributed by atoms with Gasteiger partial charge in [0.2, 0.25) is 0 Å². The van der Waals surface area contributed by atoms with Gasteiger partial charge in [-0.15, -0.1) is 0 Å². The Kier molecular flexibility index (Phi) is 20.7. The van der Waals surface area contributed by atoms with Crippen molar-refractivity contribution in [2.45, 2.75) is 123 Å². The molecule has 5 heteroatoms. The molecule has 1 N–H and O–H groups in total. The van der Waals surface area contributed by atoms with Crippen molar-refractivity contribution in [3.05, 3.63) is 0 Å². The average molecular weight is 369 g/mol. The Balaban J connectivity index is 0. The fourth-order valence-corrected chi connectivity index (χ4v) is 2.52. The summed E-state index contributed by atoms with van der Waals surface area (Å²) >= 11 is 0. The molecule has 0 aromatic rings. The van der Waals surface area contributed by atoms with Gasteiger partial charge in [-0.05, 0) is 12.8 Å². The monoisotopic (exact) mass is 368 g/mol. The minimum absolute atomic E-state index is 0.301. The van der Waals surface area contributed by atoms with Gasteiger partial charge in [0.15, 0.2) is 0 Å². The van der Waals surface area contributed by atoms with E-state index in [9.17, 15) is 18.0 Å². The van der Waals surface area contributed by atoms with Crippen molar-refractivity contribution < 1.29 is 23.1 Å². The zero-order valence-electron chi connectivity index (χ0n) is 16.3. The third-order valence-corrected chi connectivity index (χ3v) is 4.06. The summed E-state index contributed by atoms with van der Waals surface area (Å²) in [4.78, 5) is 10.1. The lowest BCUT2D eigenvalue weighted by molar-refractivity contribution is -0.137. The van der Waals surface area contributed by atoms with Crippen LogP contribution in [0.15, 0.2) is 0 Å². The van der Waals surface area contributed by atoms with Gasteiger partial charge in [-0.3, -0.25) is 4.79 Å². The van der Waals surface area contributed by atoms with E-state index in [1.54, 1.807) is 0 Å². The molecule has 25 heavy (non-hydrogen) atoms. The van der Waals surface area contributed by atoms with E-state index in [2.05, 4.69) is 13.8 Å². The van der Waals surface area contributed by atoms with Crippen LogP contribution in [0.3, 0.4) is 0 Å². The second-order valence-electron chi connectivity index (χ2n) is 6.75. The minimum Gasteiger partial charge on any atom is -0.481 e. The molecule has 0 aliphatic carbocycles. The molecule has 0 unspecified atom stereocenters. The van der Waals surface area contributed by atoms with Crippen molar-refractivity contribution in [1.82, 2.24) is 0 Å². The van der Waals surface area contributed by atoms with Crippen LogP contribution >= 0.6 is 0 Å². The molecule has 0 saturated heterocycles. The van der Waals surface area contributed by atoms with Crippen molar-refractivity contribution in [3.63, 3.8) is 0 Å². The number of hydrogen-bond acceptors (Lipinski definition) is 1. The van der Waals surface area contributed by atoms with Crippen LogP contribution in [0.1, 0.15) is 117 Å². The Morgan fingerprint density at radius 1 is 0.680 bits per heavy atom. The summed E-state index contributed by atoms with van der Waals surface area (Å²) in [5, 5.41) is 8.35. The molecule has 0 bridgehead atoms. The number of aliphatic carboxylic acids is 1. The Labute approximate surface area is 152 Å². The summed E-state index contributed by atoms with van der Waals surface area (Å²) in [5.74, 6) is -0.663. The second-order valence-corrected chi connectivity index (χ2v) is 6.75. The summed E-state index contributed by atoms with van der Waals surface area (Å²) in [6.45, 7) is 4.33. The quantitative estimate of drug-likeness (QED) is 0.298. The van der Waals surface area contributed by atoms with Gasteiger partial charge >= 0.3 is 12.1 Å². The van der Waals surface area contributed by atoms with Crippen LogP contribution in [0, 0.1) is 0 Å². The van der Waals surface area contributed by atoms with Gasteiger partial charge < -0.3 is 5.11 Å². The number of carboxylic acid groups (broad SMARTS) is 1. The van der Waals surface area contributed by atoms with Gasteiger partial charge in [0.25, 0.3) is 0 Å². The number of alkyl halides is 3. The van der Waals surface area contributed by atoms with E-state index < -0.39 is 18.6 Å². The molecular weight excluding hydrogens is 329 g/mol. The van der Waals surface area contributed by atoms with Gasteiger partial charge in [-0.25, -0.2) is 0 Å². The first kappa shape index (κ1) is 26.5. The van der Waals surface area contributed by atoms with Crippen LogP contribution < -0.4 is 0 Å². The first-order valence-corrected chi connectivity index (χ1v) is 10.1. The number of hydrogen-bond donors (Lipinski definition) is 1. The number of unbranched alkanes of at least 4 members (excludes halogenated alkanes) is 12. The SMILES string of the molecule is CCCCCCCCCC(=O)O.CCCCCCCCCC(F)(F)F. The van der Waals surface area contributed by atoms with E-state index in [1.807, 2.05) is 0 Å². The Morgan fingerprint density at radius 3 is 1.40 bits per heavy atom.